The Hall–Kier alpha value is -1.12. The lowest BCUT2D eigenvalue weighted by Gasteiger charge is -2.00. The molecule has 1 saturated carbocycles. The van der Waals surface area contributed by atoms with Crippen LogP contribution in [0.4, 0.5) is 0 Å². The molecule has 58 valence electrons. The third kappa shape index (κ3) is 1.06. The summed E-state index contributed by atoms with van der Waals surface area (Å²) in [5, 5.41) is 0. The van der Waals surface area contributed by atoms with Crippen LogP contribution in [0.15, 0.2) is 12.5 Å². The first-order chi connectivity index (χ1) is 5.29. The van der Waals surface area contributed by atoms with Gasteiger partial charge in [-0.15, -0.1) is 0 Å². The van der Waals surface area contributed by atoms with E-state index in [0.717, 1.165) is 5.69 Å². The molecule has 0 N–H and O–H groups in total. The minimum Gasteiger partial charge on any atom is -0.325 e. The topological polar surface area (TPSA) is 34.9 Å². The molecule has 0 aromatic carbocycles. The Morgan fingerprint density at radius 2 is 2.45 bits per heavy atom. The van der Waals surface area contributed by atoms with Crippen molar-refractivity contribution < 1.29 is 4.79 Å². The van der Waals surface area contributed by atoms with E-state index in [0.29, 0.717) is 6.04 Å². The summed E-state index contributed by atoms with van der Waals surface area (Å²) in [5.74, 6) is 0.106. The van der Waals surface area contributed by atoms with Gasteiger partial charge in [-0.05, 0) is 12.8 Å². The molecule has 1 heterocycles. The van der Waals surface area contributed by atoms with Gasteiger partial charge < -0.3 is 4.57 Å². The minimum atomic E-state index is 0.106. The fraction of sp³-hybridized carbons (Fsp3) is 0.500. The summed E-state index contributed by atoms with van der Waals surface area (Å²) in [6.45, 7) is 1.58. The molecule has 1 fully saturated rings. The molecule has 1 aromatic rings. The molecule has 1 aliphatic rings. The first-order valence-corrected chi connectivity index (χ1v) is 3.82. The summed E-state index contributed by atoms with van der Waals surface area (Å²) in [4.78, 5) is 14.9. The van der Waals surface area contributed by atoms with Crippen LogP contribution in [0.25, 0.3) is 0 Å². The van der Waals surface area contributed by atoms with Crippen LogP contribution in [0.5, 0.6) is 0 Å². The number of ketones is 1. The highest BCUT2D eigenvalue weighted by Crippen LogP contribution is 2.35. The first-order valence-electron chi connectivity index (χ1n) is 3.82. The van der Waals surface area contributed by atoms with Crippen molar-refractivity contribution >= 4 is 5.78 Å². The number of carbonyl (C=O) groups is 1. The Morgan fingerprint density at radius 1 is 1.73 bits per heavy atom. The Morgan fingerprint density at radius 3 is 3.00 bits per heavy atom. The molecule has 2 rings (SSSR count). The molecular formula is C8H10N2O. The second kappa shape index (κ2) is 2.19. The molecule has 11 heavy (non-hydrogen) atoms. The van der Waals surface area contributed by atoms with E-state index >= 15 is 0 Å². The fourth-order valence-corrected chi connectivity index (χ4v) is 1.22. The number of aromatic nitrogens is 2. The number of rotatable bonds is 2. The highest BCUT2D eigenvalue weighted by molar-refractivity contribution is 5.92. The molecule has 0 amide bonds. The quantitative estimate of drug-likeness (QED) is 0.597. The second-order valence-corrected chi connectivity index (χ2v) is 2.97. The summed E-state index contributed by atoms with van der Waals surface area (Å²) in [7, 11) is 0. The van der Waals surface area contributed by atoms with Crippen molar-refractivity contribution in [3.63, 3.8) is 0 Å². The van der Waals surface area contributed by atoms with Gasteiger partial charge in [0.15, 0.2) is 5.78 Å². The lowest BCUT2D eigenvalue weighted by atomic mass is 10.3. The summed E-state index contributed by atoms with van der Waals surface area (Å²) in [6.07, 6.45) is 5.77. The van der Waals surface area contributed by atoms with Gasteiger partial charge in [0.2, 0.25) is 0 Å². The zero-order chi connectivity index (χ0) is 7.84. The standard InChI is InChI=1S/C8H10N2O/c1-6(11)8-4-9-5-10(8)7-2-3-7/h4-5,7H,2-3H2,1H3. The van der Waals surface area contributed by atoms with E-state index in [-0.39, 0.29) is 5.78 Å². The minimum absolute atomic E-state index is 0.106. The molecule has 0 atom stereocenters. The van der Waals surface area contributed by atoms with Crippen molar-refractivity contribution in [2.45, 2.75) is 25.8 Å². The highest BCUT2D eigenvalue weighted by Gasteiger charge is 2.26. The molecule has 0 bridgehead atoms. The zero-order valence-corrected chi connectivity index (χ0v) is 6.45. The molecule has 0 spiro atoms. The third-order valence-corrected chi connectivity index (χ3v) is 1.97. The van der Waals surface area contributed by atoms with Gasteiger partial charge in [0, 0.05) is 13.0 Å². The molecule has 3 nitrogen and oxygen atoms in total. The predicted molar refractivity (Wildman–Crippen MR) is 40.5 cm³/mol. The number of hydrogen-bond acceptors (Lipinski definition) is 2. The van der Waals surface area contributed by atoms with Gasteiger partial charge in [0.25, 0.3) is 0 Å². The molecule has 3 heteroatoms. The second-order valence-electron chi connectivity index (χ2n) is 2.97. The van der Waals surface area contributed by atoms with Gasteiger partial charge in [-0.2, -0.15) is 0 Å². The van der Waals surface area contributed by atoms with Crippen LogP contribution < -0.4 is 0 Å². The van der Waals surface area contributed by atoms with E-state index in [2.05, 4.69) is 4.98 Å². The number of hydrogen-bond donors (Lipinski definition) is 0. The van der Waals surface area contributed by atoms with E-state index in [4.69, 9.17) is 0 Å². The average molecular weight is 150 g/mol. The van der Waals surface area contributed by atoms with Gasteiger partial charge in [-0.1, -0.05) is 0 Å². The van der Waals surface area contributed by atoms with E-state index in [1.165, 1.54) is 12.8 Å². The molecular weight excluding hydrogens is 140 g/mol. The molecule has 1 aliphatic carbocycles. The molecule has 0 radical (unpaired) electrons. The summed E-state index contributed by atoms with van der Waals surface area (Å²) >= 11 is 0. The van der Waals surface area contributed by atoms with Crippen molar-refractivity contribution in [2.24, 2.45) is 0 Å². The zero-order valence-electron chi connectivity index (χ0n) is 6.45. The maximum absolute atomic E-state index is 11.0. The molecule has 0 saturated heterocycles. The summed E-state index contributed by atoms with van der Waals surface area (Å²) < 4.78 is 1.97. The Kier molecular flexibility index (Phi) is 1.31. The third-order valence-electron chi connectivity index (χ3n) is 1.97. The number of imidazole rings is 1. The monoisotopic (exact) mass is 150 g/mol. The molecule has 0 aliphatic heterocycles. The van der Waals surface area contributed by atoms with Gasteiger partial charge in [-0.3, -0.25) is 4.79 Å². The van der Waals surface area contributed by atoms with Crippen molar-refractivity contribution in [3.05, 3.63) is 18.2 Å². The average Bonchev–Trinajstić information content (AvgIpc) is 2.68. The first kappa shape index (κ1) is 6.58. The van der Waals surface area contributed by atoms with E-state index < -0.39 is 0 Å². The normalized spacial score (nSPS) is 16.8. The Labute approximate surface area is 65.1 Å². The van der Waals surface area contributed by atoms with Gasteiger partial charge in [0.1, 0.15) is 5.69 Å². The number of nitrogens with zero attached hydrogens (tertiary/aromatic N) is 2. The smallest absolute Gasteiger partial charge is 0.177 e. The molecule has 1 aromatic heterocycles. The summed E-state index contributed by atoms with van der Waals surface area (Å²) in [5.41, 5.74) is 0.743. The van der Waals surface area contributed by atoms with E-state index in [1.54, 1.807) is 19.4 Å². The van der Waals surface area contributed by atoms with Crippen molar-refractivity contribution in [2.75, 3.05) is 0 Å². The predicted octanol–water partition coefficient (Wildman–Crippen LogP) is 1.42. The SMILES string of the molecule is CC(=O)c1cncn1C1CC1. The van der Waals surface area contributed by atoms with Crippen molar-refractivity contribution in [3.8, 4) is 0 Å². The number of carbonyl (C=O) groups excluding carboxylic acids is 1. The van der Waals surface area contributed by atoms with Crippen LogP contribution in [-0.2, 0) is 0 Å². The van der Waals surface area contributed by atoms with E-state index in [1.807, 2.05) is 4.57 Å². The number of Topliss-reactive ketones (excluding diaryl/α,β-unsaturated/α-hetero) is 1. The van der Waals surface area contributed by atoms with E-state index in [9.17, 15) is 4.79 Å². The van der Waals surface area contributed by atoms with Crippen LogP contribution in [0.1, 0.15) is 36.3 Å². The fourth-order valence-electron chi connectivity index (χ4n) is 1.22. The van der Waals surface area contributed by atoms with Gasteiger partial charge in [-0.25, -0.2) is 4.98 Å². The lowest BCUT2D eigenvalue weighted by Crippen LogP contribution is -2.02. The van der Waals surface area contributed by atoms with Crippen LogP contribution in [0.2, 0.25) is 0 Å². The molecule has 0 unspecified atom stereocenters. The lowest BCUT2D eigenvalue weighted by molar-refractivity contribution is 0.100. The Bertz CT molecular complexity index is 286. The summed E-state index contributed by atoms with van der Waals surface area (Å²) in [6, 6.07) is 0.552. The Balaban J connectivity index is 2.37. The van der Waals surface area contributed by atoms with Crippen molar-refractivity contribution in [1.29, 1.82) is 0 Å². The van der Waals surface area contributed by atoms with Crippen LogP contribution in [0, 0.1) is 0 Å². The van der Waals surface area contributed by atoms with Gasteiger partial charge in [0.05, 0.1) is 12.5 Å². The van der Waals surface area contributed by atoms with Crippen molar-refractivity contribution in [1.82, 2.24) is 9.55 Å². The largest absolute Gasteiger partial charge is 0.325 e. The van der Waals surface area contributed by atoms with Crippen LogP contribution >= 0.6 is 0 Å². The van der Waals surface area contributed by atoms with Crippen LogP contribution in [-0.4, -0.2) is 15.3 Å². The maximum Gasteiger partial charge on any atom is 0.177 e. The highest BCUT2D eigenvalue weighted by atomic mass is 16.1. The van der Waals surface area contributed by atoms with Crippen LogP contribution in [0.3, 0.4) is 0 Å². The van der Waals surface area contributed by atoms with Gasteiger partial charge >= 0.3 is 0 Å². The maximum atomic E-state index is 11.0.